The number of allylic oxidation sites excluding steroid dienone is 3. The summed E-state index contributed by atoms with van der Waals surface area (Å²) in [4.78, 5) is 10.1. The molecule has 0 aliphatic carbocycles. The molecule has 0 bridgehead atoms. The highest BCUT2D eigenvalue weighted by molar-refractivity contribution is 6.52. The summed E-state index contributed by atoms with van der Waals surface area (Å²) < 4.78 is 0. The molecule has 0 amide bonds. The lowest BCUT2D eigenvalue weighted by Gasteiger charge is -2.02. The van der Waals surface area contributed by atoms with Crippen LogP contribution in [0.3, 0.4) is 0 Å². The average Bonchev–Trinajstić information content (AvgIpc) is 2.77. The number of hydrogen-bond donors (Lipinski definition) is 3. The second-order valence-corrected chi connectivity index (χ2v) is 7.24. The molecule has 0 unspecified atom stereocenters. The van der Waals surface area contributed by atoms with Crippen molar-refractivity contribution in [1.29, 1.82) is 0 Å². The number of phenolic OH excluding ortho intramolecular Hbond substituents is 3. The minimum Gasteiger partial charge on any atom is -0.508 e. The van der Waals surface area contributed by atoms with Crippen molar-refractivity contribution in [3.05, 3.63) is 112 Å². The van der Waals surface area contributed by atoms with Crippen LogP contribution in [-0.2, 0) is 4.79 Å². The van der Waals surface area contributed by atoms with Crippen molar-refractivity contribution in [2.75, 3.05) is 0 Å². The molecule has 0 aromatic heterocycles. The summed E-state index contributed by atoms with van der Waals surface area (Å²) in [6.07, 6.45) is 4.65. The predicted molar refractivity (Wildman–Crippen MR) is 134 cm³/mol. The van der Waals surface area contributed by atoms with E-state index in [0.29, 0.717) is 11.5 Å². The van der Waals surface area contributed by atoms with Gasteiger partial charge < -0.3 is 15.3 Å². The van der Waals surface area contributed by atoms with Crippen LogP contribution in [0.15, 0.2) is 91.5 Å². The topological polar surface area (TPSA) is 77.8 Å². The number of para-hydroxylation sites is 2. The fourth-order valence-electron chi connectivity index (χ4n) is 1.62. The summed E-state index contributed by atoms with van der Waals surface area (Å²) in [5, 5.41) is 26.7. The van der Waals surface area contributed by atoms with Crippen molar-refractivity contribution < 1.29 is 20.1 Å². The molecular weight excluding hydrogens is 494 g/mol. The molecule has 170 valence electrons. The summed E-state index contributed by atoms with van der Waals surface area (Å²) in [6.45, 7) is 4.89. The molecule has 3 aromatic carbocycles. The van der Waals surface area contributed by atoms with Crippen molar-refractivity contribution >= 4 is 52.2 Å². The molecule has 0 heterocycles. The summed E-state index contributed by atoms with van der Waals surface area (Å²) >= 11 is 22.3. The van der Waals surface area contributed by atoms with Gasteiger partial charge in [-0.15, -0.1) is 0 Å². The van der Waals surface area contributed by atoms with Gasteiger partial charge in [-0.2, -0.15) is 0 Å². The third-order valence-corrected chi connectivity index (χ3v) is 4.80. The van der Waals surface area contributed by atoms with Crippen LogP contribution < -0.4 is 0 Å². The Hall–Kier alpha value is -2.63. The highest BCUT2D eigenvalue weighted by Gasteiger charge is 2.11. The van der Waals surface area contributed by atoms with Crippen LogP contribution in [0.4, 0.5) is 0 Å². The van der Waals surface area contributed by atoms with E-state index in [2.05, 4.69) is 6.58 Å². The molecule has 0 saturated carbocycles. The summed E-state index contributed by atoms with van der Waals surface area (Å²) in [5.41, 5.74) is 0. The van der Waals surface area contributed by atoms with Gasteiger partial charge in [0.2, 0.25) is 0 Å². The van der Waals surface area contributed by atoms with E-state index in [1.54, 1.807) is 60.7 Å². The van der Waals surface area contributed by atoms with Gasteiger partial charge in [0.15, 0.2) is 5.78 Å². The van der Waals surface area contributed by atoms with Gasteiger partial charge in [0.25, 0.3) is 0 Å². The van der Waals surface area contributed by atoms with E-state index in [-0.39, 0.29) is 31.6 Å². The SMILES string of the molecule is C=CC=CC(C)=O.Oc1cc(Cl)c(Cl)c(Cl)c1Cl.Oc1ccccc1.Oc1ccccc1. The Morgan fingerprint density at radius 1 is 0.781 bits per heavy atom. The van der Waals surface area contributed by atoms with Crippen LogP contribution in [0.1, 0.15) is 6.92 Å². The van der Waals surface area contributed by atoms with Gasteiger partial charge in [-0.05, 0) is 37.3 Å². The van der Waals surface area contributed by atoms with E-state index >= 15 is 0 Å². The number of carbonyl (C=O) groups excluding carboxylic acids is 1. The number of hydrogen-bond acceptors (Lipinski definition) is 4. The molecule has 4 nitrogen and oxygen atoms in total. The normalized spacial score (nSPS) is 9.28. The summed E-state index contributed by atoms with van der Waals surface area (Å²) in [6, 6.07) is 18.7. The molecule has 0 spiro atoms. The zero-order chi connectivity index (χ0) is 24.5. The Morgan fingerprint density at radius 2 is 1.22 bits per heavy atom. The van der Waals surface area contributed by atoms with Gasteiger partial charge in [0, 0.05) is 6.07 Å². The fraction of sp³-hybridized carbons (Fsp3) is 0.0417. The molecule has 0 atom stereocenters. The zero-order valence-electron chi connectivity index (χ0n) is 17.1. The molecule has 3 rings (SSSR count). The van der Waals surface area contributed by atoms with Gasteiger partial charge in [-0.25, -0.2) is 0 Å². The van der Waals surface area contributed by atoms with Gasteiger partial charge in [0.1, 0.15) is 22.3 Å². The van der Waals surface area contributed by atoms with Crippen LogP contribution >= 0.6 is 46.4 Å². The zero-order valence-corrected chi connectivity index (χ0v) is 20.1. The number of benzene rings is 3. The van der Waals surface area contributed by atoms with Gasteiger partial charge >= 0.3 is 0 Å². The smallest absolute Gasteiger partial charge is 0.152 e. The highest BCUT2D eigenvalue weighted by atomic mass is 35.5. The maximum Gasteiger partial charge on any atom is 0.152 e. The third-order valence-electron chi connectivity index (χ3n) is 3.06. The van der Waals surface area contributed by atoms with Crippen LogP contribution in [0.2, 0.25) is 20.1 Å². The van der Waals surface area contributed by atoms with Gasteiger partial charge in [-0.3, -0.25) is 4.79 Å². The highest BCUT2D eigenvalue weighted by Crippen LogP contribution is 2.41. The van der Waals surface area contributed by atoms with E-state index in [9.17, 15) is 4.79 Å². The molecule has 8 heteroatoms. The number of rotatable bonds is 2. The van der Waals surface area contributed by atoms with E-state index < -0.39 is 0 Å². The molecule has 0 saturated heterocycles. The fourth-order valence-corrected chi connectivity index (χ4v) is 2.41. The molecule has 0 radical (unpaired) electrons. The maximum atomic E-state index is 10.1. The second-order valence-electron chi connectivity index (χ2n) is 5.70. The lowest BCUT2D eigenvalue weighted by Crippen LogP contribution is -1.76. The Kier molecular flexibility index (Phi) is 15.6. The molecule has 0 fully saturated rings. The lowest BCUT2D eigenvalue weighted by atomic mass is 10.3. The number of phenols is 3. The van der Waals surface area contributed by atoms with Crippen molar-refractivity contribution in [3.8, 4) is 17.2 Å². The standard InChI is InChI=1S/C6H2Cl4O.2C6H6O.C6H8O/c7-2-1-3(11)5(9)6(10)4(2)8;2*7-6-4-2-1-3-5-6;1-3-4-5-6(2)7/h1,11H;2*1-5,7H;3-5H,1H2,2H3. The summed E-state index contributed by atoms with van der Waals surface area (Å²) in [5.74, 6) is 0.524. The minimum absolute atomic E-state index is 0.0149. The second kappa shape index (κ2) is 17.0. The van der Waals surface area contributed by atoms with Crippen molar-refractivity contribution in [2.24, 2.45) is 0 Å². The van der Waals surface area contributed by atoms with Crippen molar-refractivity contribution in [1.82, 2.24) is 0 Å². The number of carbonyl (C=O) groups is 1. The quantitative estimate of drug-likeness (QED) is 0.139. The van der Waals surface area contributed by atoms with E-state index in [0.717, 1.165) is 0 Å². The molecule has 0 aliphatic rings. The molecule has 0 aliphatic heterocycles. The monoisotopic (exact) mass is 514 g/mol. The van der Waals surface area contributed by atoms with Crippen LogP contribution in [-0.4, -0.2) is 21.1 Å². The van der Waals surface area contributed by atoms with Crippen molar-refractivity contribution in [3.63, 3.8) is 0 Å². The first-order valence-corrected chi connectivity index (χ1v) is 10.4. The molecule has 3 N–H and O–H groups in total. The van der Waals surface area contributed by atoms with Gasteiger partial charge in [-0.1, -0.05) is 102 Å². The Bertz CT molecular complexity index is 928. The first kappa shape index (κ1) is 29.4. The first-order valence-electron chi connectivity index (χ1n) is 8.89. The van der Waals surface area contributed by atoms with E-state index in [1.165, 1.54) is 19.1 Å². The number of ketones is 1. The van der Waals surface area contributed by atoms with Crippen LogP contribution in [0.25, 0.3) is 0 Å². The summed E-state index contributed by atoms with van der Waals surface area (Å²) in [7, 11) is 0. The Morgan fingerprint density at radius 3 is 1.50 bits per heavy atom. The minimum atomic E-state index is -0.175. The largest absolute Gasteiger partial charge is 0.508 e. The molecular formula is C24H22Cl4O4. The maximum absolute atomic E-state index is 10.1. The first-order chi connectivity index (χ1) is 15.1. The van der Waals surface area contributed by atoms with E-state index in [4.69, 9.17) is 61.7 Å². The molecule has 3 aromatic rings. The average molecular weight is 516 g/mol. The third kappa shape index (κ3) is 13.6. The van der Waals surface area contributed by atoms with Crippen LogP contribution in [0, 0.1) is 0 Å². The Balaban J connectivity index is 0.000000410. The lowest BCUT2D eigenvalue weighted by molar-refractivity contribution is -0.112. The van der Waals surface area contributed by atoms with Gasteiger partial charge in [0.05, 0.1) is 15.1 Å². The molecule has 32 heavy (non-hydrogen) atoms. The number of aromatic hydroxyl groups is 3. The van der Waals surface area contributed by atoms with Crippen molar-refractivity contribution in [2.45, 2.75) is 6.92 Å². The number of halogens is 4. The predicted octanol–water partition coefficient (Wildman–Crippen LogP) is 8.11. The Labute approximate surface area is 207 Å². The van der Waals surface area contributed by atoms with Crippen LogP contribution in [0.5, 0.6) is 17.2 Å². The van der Waals surface area contributed by atoms with E-state index in [1.807, 2.05) is 12.1 Å².